The van der Waals surface area contributed by atoms with E-state index in [0.29, 0.717) is 17.8 Å². The summed E-state index contributed by atoms with van der Waals surface area (Å²) >= 11 is 0. The molecule has 2 heterocycles. The molecule has 0 bridgehead atoms. The van der Waals surface area contributed by atoms with Gasteiger partial charge in [0.05, 0.1) is 12.1 Å². The van der Waals surface area contributed by atoms with Crippen molar-refractivity contribution in [1.29, 1.82) is 0 Å². The van der Waals surface area contributed by atoms with Gasteiger partial charge >= 0.3 is 0 Å². The van der Waals surface area contributed by atoms with Crippen molar-refractivity contribution in [1.82, 2.24) is 25.0 Å². The number of imide groups is 1. The average Bonchev–Trinajstić information content (AvgIpc) is 3.63. The third kappa shape index (κ3) is 10.2. The van der Waals surface area contributed by atoms with Gasteiger partial charge in [-0.1, -0.05) is 51.1 Å². The molecule has 0 unspecified atom stereocenters. The molecule has 272 valence electrons. The minimum atomic E-state index is -1.03. The molecule has 51 heavy (non-hydrogen) atoms. The molecule has 1 aromatic heterocycles. The third-order valence-corrected chi connectivity index (χ3v) is 8.33. The van der Waals surface area contributed by atoms with E-state index >= 15 is 4.39 Å². The van der Waals surface area contributed by atoms with Gasteiger partial charge in [0.1, 0.15) is 24.8 Å². The molecule has 3 aromatic rings. The quantitative estimate of drug-likeness (QED) is 0.153. The van der Waals surface area contributed by atoms with Crippen LogP contribution in [0.25, 0.3) is 11.1 Å². The highest BCUT2D eigenvalue weighted by atomic mass is 19.1. The fourth-order valence-corrected chi connectivity index (χ4v) is 5.93. The Morgan fingerprint density at radius 1 is 0.961 bits per heavy atom. The largest absolute Gasteiger partial charge is 0.375 e. The first-order valence-electron chi connectivity index (χ1n) is 16.5. The maximum atomic E-state index is 15.0. The lowest BCUT2D eigenvalue weighted by Crippen LogP contribution is -2.48. The van der Waals surface area contributed by atoms with E-state index in [4.69, 9.17) is 10.5 Å². The van der Waals surface area contributed by atoms with Crippen LogP contribution < -0.4 is 16.4 Å². The number of nitrogens with one attached hydrogen (secondary N) is 2. The second-order valence-corrected chi connectivity index (χ2v) is 13.3. The Hall–Kier alpha value is -5.21. The molecule has 12 nitrogen and oxygen atoms in total. The number of halogens is 2. The Bertz CT molecular complexity index is 1750. The van der Waals surface area contributed by atoms with Crippen LogP contribution in [0.2, 0.25) is 0 Å². The lowest BCUT2D eigenvalue weighted by Gasteiger charge is -2.41. The van der Waals surface area contributed by atoms with Crippen LogP contribution in [0.3, 0.4) is 0 Å². The highest BCUT2D eigenvalue weighted by molar-refractivity contribution is 6.14. The summed E-state index contributed by atoms with van der Waals surface area (Å²) in [4.78, 5) is 64.5. The van der Waals surface area contributed by atoms with Gasteiger partial charge in [-0.05, 0) is 41.7 Å². The lowest BCUT2D eigenvalue weighted by molar-refractivity contribution is -0.141. The highest BCUT2D eigenvalue weighted by Crippen LogP contribution is 2.41. The second kappa shape index (κ2) is 17.1. The molecular formula is C37H44F2N6O6. The zero-order valence-corrected chi connectivity index (χ0v) is 29.2. The van der Waals surface area contributed by atoms with E-state index in [1.54, 1.807) is 17.2 Å². The molecular weight excluding hydrogens is 662 g/mol. The van der Waals surface area contributed by atoms with Crippen molar-refractivity contribution in [3.63, 3.8) is 0 Å². The number of nitrogens with two attached hydrogens (primary N) is 1. The second-order valence-electron chi connectivity index (χ2n) is 13.3. The van der Waals surface area contributed by atoms with E-state index < -0.39 is 59.3 Å². The Kier molecular flexibility index (Phi) is 13.0. The summed E-state index contributed by atoms with van der Waals surface area (Å²) in [6, 6.07) is 13.0. The van der Waals surface area contributed by atoms with Crippen LogP contribution in [-0.2, 0) is 35.3 Å². The number of benzene rings is 2. The molecule has 0 spiro atoms. The van der Waals surface area contributed by atoms with Gasteiger partial charge in [0.2, 0.25) is 17.7 Å². The highest BCUT2D eigenvalue weighted by Gasteiger charge is 2.37. The SMILES string of the molecule is COCC(=O)N(CC[C@H](N)C(=O)NCCNC(=O)CN1C(=O)C=CC1=O)[C@@H](c1cc(-c2cc(F)ccc2F)cn1Cc1ccccc1)C(C)(C)C. The first-order chi connectivity index (χ1) is 24.2. The molecule has 2 atom stereocenters. The average molecular weight is 707 g/mol. The fourth-order valence-electron chi connectivity index (χ4n) is 5.93. The van der Waals surface area contributed by atoms with E-state index in [1.807, 2.05) is 55.7 Å². The summed E-state index contributed by atoms with van der Waals surface area (Å²) in [5, 5.41) is 5.18. The molecule has 2 aromatic carbocycles. The number of hydrogen-bond acceptors (Lipinski definition) is 7. The van der Waals surface area contributed by atoms with Crippen molar-refractivity contribution in [2.45, 2.75) is 45.8 Å². The van der Waals surface area contributed by atoms with Crippen LogP contribution in [0.15, 0.2) is 72.9 Å². The smallest absolute Gasteiger partial charge is 0.254 e. The van der Waals surface area contributed by atoms with Crippen molar-refractivity contribution in [3.05, 3.63) is 95.8 Å². The number of ether oxygens (including phenoxy) is 1. The zero-order valence-electron chi connectivity index (χ0n) is 29.2. The molecule has 1 aliphatic rings. The summed E-state index contributed by atoms with van der Waals surface area (Å²) in [6.07, 6.45) is 3.97. The summed E-state index contributed by atoms with van der Waals surface area (Å²) in [5.41, 5.74) is 7.80. The molecule has 5 amide bonds. The van der Waals surface area contributed by atoms with Crippen molar-refractivity contribution in [2.24, 2.45) is 11.1 Å². The van der Waals surface area contributed by atoms with E-state index in [-0.39, 0.29) is 44.1 Å². The predicted molar refractivity (Wildman–Crippen MR) is 186 cm³/mol. The van der Waals surface area contributed by atoms with Crippen molar-refractivity contribution < 1.29 is 37.5 Å². The first-order valence-corrected chi connectivity index (χ1v) is 16.5. The molecule has 0 saturated heterocycles. The van der Waals surface area contributed by atoms with Crippen LogP contribution in [0.5, 0.6) is 0 Å². The molecule has 4 N–H and O–H groups in total. The molecule has 4 rings (SSSR count). The number of carbonyl (C=O) groups excluding carboxylic acids is 5. The third-order valence-electron chi connectivity index (χ3n) is 8.33. The minimum absolute atomic E-state index is 0.0259. The Morgan fingerprint density at radius 2 is 1.63 bits per heavy atom. The van der Waals surface area contributed by atoms with E-state index in [0.717, 1.165) is 40.8 Å². The topological polar surface area (TPSA) is 156 Å². The number of aromatic nitrogens is 1. The minimum Gasteiger partial charge on any atom is -0.375 e. The molecule has 1 aliphatic heterocycles. The Balaban J connectivity index is 1.52. The number of hydrogen-bond donors (Lipinski definition) is 3. The number of methoxy groups -OCH3 is 1. The van der Waals surface area contributed by atoms with E-state index in [2.05, 4.69) is 10.6 Å². The monoisotopic (exact) mass is 706 g/mol. The lowest BCUT2D eigenvalue weighted by atomic mass is 9.82. The van der Waals surface area contributed by atoms with Crippen LogP contribution in [0.4, 0.5) is 8.78 Å². The van der Waals surface area contributed by atoms with Gasteiger partial charge < -0.3 is 30.6 Å². The van der Waals surface area contributed by atoms with Crippen molar-refractivity contribution in [2.75, 3.05) is 39.9 Å². The van der Waals surface area contributed by atoms with Crippen LogP contribution >= 0.6 is 0 Å². The van der Waals surface area contributed by atoms with E-state index in [9.17, 15) is 28.4 Å². The molecule has 14 heteroatoms. The first kappa shape index (κ1) is 38.6. The zero-order chi connectivity index (χ0) is 37.3. The van der Waals surface area contributed by atoms with E-state index in [1.165, 1.54) is 7.11 Å². The number of carbonyl (C=O) groups is 5. The number of amides is 5. The van der Waals surface area contributed by atoms with Crippen LogP contribution in [0, 0.1) is 17.0 Å². The van der Waals surface area contributed by atoms with Gasteiger partial charge in [0.15, 0.2) is 0 Å². The van der Waals surface area contributed by atoms with Gasteiger partial charge in [-0.2, -0.15) is 0 Å². The Labute approximate surface area is 295 Å². The van der Waals surface area contributed by atoms with Crippen LogP contribution in [0.1, 0.15) is 44.5 Å². The van der Waals surface area contributed by atoms with Gasteiger partial charge in [-0.25, -0.2) is 8.78 Å². The molecule has 0 saturated carbocycles. The molecule has 0 radical (unpaired) electrons. The van der Waals surface area contributed by atoms with Gasteiger partial charge in [-0.3, -0.25) is 28.9 Å². The molecule has 0 aliphatic carbocycles. The fraction of sp³-hybridized carbons (Fsp3) is 0.378. The maximum Gasteiger partial charge on any atom is 0.254 e. The Morgan fingerprint density at radius 3 is 2.27 bits per heavy atom. The summed E-state index contributed by atoms with van der Waals surface area (Å²) in [7, 11) is 1.40. The van der Waals surface area contributed by atoms with Crippen molar-refractivity contribution >= 4 is 29.5 Å². The normalized spacial score (nSPS) is 14.1. The summed E-state index contributed by atoms with van der Waals surface area (Å²) < 4.78 is 36.5. The predicted octanol–water partition coefficient (Wildman–Crippen LogP) is 2.92. The van der Waals surface area contributed by atoms with Crippen LogP contribution in [-0.4, -0.2) is 89.8 Å². The maximum absolute atomic E-state index is 15.0. The number of nitrogens with zero attached hydrogens (tertiary/aromatic N) is 3. The molecule has 0 fully saturated rings. The van der Waals surface area contributed by atoms with Crippen molar-refractivity contribution in [3.8, 4) is 11.1 Å². The van der Waals surface area contributed by atoms with Gasteiger partial charge in [0, 0.05) is 68.5 Å². The van der Waals surface area contributed by atoms with Gasteiger partial charge in [-0.15, -0.1) is 0 Å². The van der Waals surface area contributed by atoms with Gasteiger partial charge in [0.25, 0.3) is 11.8 Å². The summed E-state index contributed by atoms with van der Waals surface area (Å²) in [5.74, 6) is -3.77. The number of rotatable bonds is 16. The standard InChI is InChI=1S/C37H44F2N6O6/c1-37(2,3)35(30-18-25(27-19-26(38)10-11-28(27)39)21-43(30)20-24-8-6-5-7-9-24)44(34(49)23-51-4)17-14-29(40)36(50)42-16-15-41-31(46)22-45-32(47)12-13-33(45)48/h5-13,18-19,21,29,35H,14-17,20,22-23,40H2,1-4H3,(H,41,46)(H,42,50)/t29-,35-/m0/s1. The summed E-state index contributed by atoms with van der Waals surface area (Å²) in [6.45, 7) is 5.68.